The van der Waals surface area contributed by atoms with Crippen LogP contribution in [0, 0.1) is 0 Å². The molecule has 0 aromatic heterocycles. The molecular weight excluding hydrogens is 316 g/mol. The molecule has 5 heteroatoms. The summed E-state index contributed by atoms with van der Waals surface area (Å²) in [6.07, 6.45) is 0.524. The first-order chi connectivity index (χ1) is 12.0. The highest BCUT2D eigenvalue weighted by Gasteiger charge is 2.18. The van der Waals surface area contributed by atoms with Gasteiger partial charge in [-0.1, -0.05) is 42.5 Å². The molecule has 0 radical (unpaired) electrons. The number of carboxylic acids is 1. The molecule has 0 fully saturated rings. The number of rotatable bonds is 8. The zero-order valence-electron chi connectivity index (χ0n) is 14.6. The van der Waals surface area contributed by atoms with Crippen LogP contribution in [-0.2, 0) is 22.6 Å². The number of carboxylic acid groups (broad SMARTS) is 1. The number of hydrogen-bond acceptors (Lipinski definition) is 3. The van der Waals surface area contributed by atoms with Crippen LogP contribution in [0.2, 0.25) is 0 Å². The molecule has 0 aliphatic rings. The minimum Gasteiger partial charge on any atom is -0.481 e. The van der Waals surface area contributed by atoms with Gasteiger partial charge < -0.3 is 10.4 Å². The van der Waals surface area contributed by atoms with Gasteiger partial charge in [0.05, 0.1) is 6.04 Å². The summed E-state index contributed by atoms with van der Waals surface area (Å²) in [6, 6.07) is 17.0. The molecular formula is C20H24N2O3. The molecule has 0 bridgehead atoms. The van der Waals surface area contributed by atoms with E-state index in [-0.39, 0.29) is 18.4 Å². The van der Waals surface area contributed by atoms with Crippen LogP contribution in [0.4, 0.5) is 5.69 Å². The Morgan fingerprint density at radius 3 is 2.44 bits per heavy atom. The van der Waals surface area contributed by atoms with E-state index in [1.165, 1.54) is 0 Å². The number of amides is 1. The van der Waals surface area contributed by atoms with E-state index in [2.05, 4.69) is 5.32 Å². The Balaban J connectivity index is 1.94. The number of anilines is 1. The molecule has 1 atom stereocenters. The maximum Gasteiger partial charge on any atom is 0.303 e. The van der Waals surface area contributed by atoms with Crippen molar-refractivity contribution in [3.8, 4) is 0 Å². The van der Waals surface area contributed by atoms with Crippen molar-refractivity contribution in [1.82, 2.24) is 4.90 Å². The van der Waals surface area contributed by atoms with Gasteiger partial charge in [0.1, 0.15) is 0 Å². The summed E-state index contributed by atoms with van der Waals surface area (Å²) < 4.78 is 0. The second-order valence-corrected chi connectivity index (χ2v) is 6.16. The predicted octanol–water partition coefficient (Wildman–Crippen LogP) is 3.16. The zero-order chi connectivity index (χ0) is 18.2. The van der Waals surface area contributed by atoms with Crippen molar-refractivity contribution < 1.29 is 14.7 Å². The average molecular weight is 340 g/mol. The Morgan fingerprint density at radius 1 is 1.08 bits per heavy atom. The molecule has 0 aliphatic heterocycles. The Morgan fingerprint density at radius 2 is 1.76 bits per heavy atom. The lowest BCUT2D eigenvalue weighted by Gasteiger charge is -2.24. The van der Waals surface area contributed by atoms with E-state index in [9.17, 15) is 9.59 Å². The van der Waals surface area contributed by atoms with Crippen LogP contribution in [-0.4, -0.2) is 35.0 Å². The van der Waals surface area contributed by atoms with Crippen molar-refractivity contribution >= 4 is 17.6 Å². The highest BCUT2D eigenvalue weighted by atomic mass is 16.4. The summed E-state index contributed by atoms with van der Waals surface area (Å²) in [5.41, 5.74) is 2.73. The predicted molar refractivity (Wildman–Crippen MR) is 98.4 cm³/mol. The van der Waals surface area contributed by atoms with E-state index in [0.29, 0.717) is 18.7 Å². The third-order valence-electron chi connectivity index (χ3n) is 4.14. The number of nitrogens with zero attached hydrogens (tertiary/aromatic N) is 1. The molecule has 2 aromatic rings. The van der Waals surface area contributed by atoms with Crippen molar-refractivity contribution in [1.29, 1.82) is 0 Å². The molecule has 2 N–H and O–H groups in total. The number of nitrogens with one attached hydrogen (secondary N) is 1. The highest BCUT2D eigenvalue weighted by molar-refractivity contribution is 5.94. The molecule has 0 spiro atoms. The number of carbonyl (C=O) groups is 2. The van der Waals surface area contributed by atoms with E-state index in [1.807, 2.05) is 73.5 Å². The molecule has 0 heterocycles. The third-order valence-corrected chi connectivity index (χ3v) is 4.14. The molecule has 1 amide bonds. The van der Waals surface area contributed by atoms with Gasteiger partial charge in [-0.25, -0.2) is 0 Å². The highest BCUT2D eigenvalue weighted by Crippen LogP contribution is 2.14. The fourth-order valence-corrected chi connectivity index (χ4v) is 2.51. The maximum atomic E-state index is 12.5. The molecule has 5 nitrogen and oxygen atoms in total. The van der Waals surface area contributed by atoms with Gasteiger partial charge in [-0.2, -0.15) is 0 Å². The van der Waals surface area contributed by atoms with Gasteiger partial charge in [0.15, 0.2) is 0 Å². The molecule has 0 saturated carbocycles. The van der Waals surface area contributed by atoms with E-state index < -0.39 is 5.97 Å². The minimum absolute atomic E-state index is 0.0770. The van der Waals surface area contributed by atoms with Crippen molar-refractivity contribution in [3.05, 3.63) is 65.7 Å². The quantitative estimate of drug-likeness (QED) is 0.774. The fraction of sp³-hybridized carbons (Fsp3) is 0.300. The minimum atomic E-state index is -0.828. The summed E-state index contributed by atoms with van der Waals surface area (Å²) >= 11 is 0. The molecule has 0 aliphatic carbocycles. The number of aliphatic carboxylic acids is 1. The number of carbonyl (C=O) groups excluding carboxylic acids is 1. The Bertz CT molecular complexity index is 716. The average Bonchev–Trinajstić information content (AvgIpc) is 2.60. The van der Waals surface area contributed by atoms with Crippen LogP contribution in [0.5, 0.6) is 0 Å². The van der Waals surface area contributed by atoms with Gasteiger partial charge in [-0.3, -0.25) is 14.5 Å². The molecule has 2 rings (SSSR count). The number of likely N-dealkylation sites (N-methyl/N-ethyl adjacent to an activating group) is 1. The first kappa shape index (κ1) is 18.7. The third kappa shape index (κ3) is 6.04. The molecule has 0 saturated heterocycles. The molecule has 25 heavy (non-hydrogen) atoms. The van der Waals surface area contributed by atoms with Crippen LogP contribution in [0.3, 0.4) is 0 Å². The topological polar surface area (TPSA) is 69.6 Å². The van der Waals surface area contributed by atoms with Gasteiger partial charge in [-0.05, 0) is 43.7 Å². The monoisotopic (exact) mass is 340 g/mol. The van der Waals surface area contributed by atoms with E-state index in [0.717, 1.165) is 11.1 Å². The zero-order valence-corrected chi connectivity index (χ0v) is 14.6. The number of benzene rings is 2. The first-order valence-electron chi connectivity index (χ1n) is 8.31. The van der Waals surface area contributed by atoms with E-state index >= 15 is 0 Å². The summed E-state index contributed by atoms with van der Waals surface area (Å²) in [6.45, 7) is 2.56. The number of aryl methyl sites for hydroxylation is 1. The Kier molecular flexibility index (Phi) is 6.71. The van der Waals surface area contributed by atoms with Crippen LogP contribution >= 0.6 is 0 Å². The Hall–Kier alpha value is -2.66. The lowest BCUT2D eigenvalue weighted by molar-refractivity contribution is -0.137. The van der Waals surface area contributed by atoms with Crippen LogP contribution in [0.15, 0.2) is 54.6 Å². The number of hydrogen-bond donors (Lipinski definition) is 2. The largest absolute Gasteiger partial charge is 0.481 e. The standard InChI is InChI=1S/C20H24N2O3/c1-15(22(2)14-17-7-4-3-5-8-17)20(25)21-18-10-6-9-16(13-18)11-12-19(23)24/h3-10,13,15H,11-12,14H2,1-2H3,(H,21,25)(H,23,24). The van der Waals surface area contributed by atoms with Gasteiger partial charge in [0, 0.05) is 18.7 Å². The normalized spacial score (nSPS) is 12.0. The van der Waals surface area contributed by atoms with Crippen LogP contribution in [0.25, 0.3) is 0 Å². The van der Waals surface area contributed by atoms with Crippen LogP contribution in [0.1, 0.15) is 24.5 Å². The van der Waals surface area contributed by atoms with Crippen molar-refractivity contribution in [2.75, 3.05) is 12.4 Å². The lowest BCUT2D eigenvalue weighted by atomic mass is 10.1. The fourth-order valence-electron chi connectivity index (χ4n) is 2.51. The maximum absolute atomic E-state index is 12.5. The lowest BCUT2D eigenvalue weighted by Crippen LogP contribution is -2.39. The SMILES string of the molecule is CC(C(=O)Nc1cccc(CCC(=O)O)c1)N(C)Cc1ccccc1. The van der Waals surface area contributed by atoms with E-state index in [1.54, 1.807) is 0 Å². The first-order valence-corrected chi connectivity index (χ1v) is 8.31. The summed E-state index contributed by atoms with van der Waals surface area (Å²) in [4.78, 5) is 25.1. The van der Waals surface area contributed by atoms with Crippen molar-refractivity contribution in [2.24, 2.45) is 0 Å². The van der Waals surface area contributed by atoms with E-state index in [4.69, 9.17) is 5.11 Å². The van der Waals surface area contributed by atoms with Gasteiger partial charge in [-0.15, -0.1) is 0 Å². The van der Waals surface area contributed by atoms with Gasteiger partial charge in [0.25, 0.3) is 0 Å². The summed E-state index contributed by atoms with van der Waals surface area (Å²) in [5, 5.41) is 11.7. The second kappa shape index (κ2) is 8.99. The summed E-state index contributed by atoms with van der Waals surface area (Å²) in [5.74, 6) is -0.917. The smallest absolute Gasteiger partial charge is 0.303 e. The molecule has 2 aromatic carbocycles. The van der Waals surface area contributed by atoms with Crippen LogP contribution < -0.4 is 5.32 Å². The van der Waals surface area contributed by atoms with Gasteiger partial charge in [0.2, 0.25) is 5.91 Å². The van der Waals surface area contributed by atoms with Crippen molar-refractivity contribution in [2.45, 2.75) is 32.4 Å². The summed E-state index contributed by atoms with van der Waals surface area (Å²) in [7, 11) is 1.92. The second-order valence-electron chi connectivity index (χ2n) is 6.16. The van der Waals surface area contributed by atoms with Gasteiger partial charge >= 0.3 is 5.97 Å². The van der Waals surface area contributed by atoms with Crippen molar-refractivity contribution in [3.63, 3.8) is 0 Å². The Labute approximate surface area is 148 Å². The molecule has 132 valence electrons. The molecule has 1 unspecified atom stereocenters.